The number of hydrogen-bond acceptors (Lipinski definition) is 8. The summed E-state index contributed by atoms with van der Waals surface area (Å²) in [6, 6.07) is 0.125. The zero-order valence-corrected chi connectivity index (χ0v) is 20.7. The van der Waals surface area contributed by atoms with Gasteiger partial charge < -0.3 is 24.6 Å². The molecule has 0 radical (unpaired) electrons. The average molecular weight is 564 g/mol. The molecule has 1 fully saturated rings. The first kappa shape index (κ1) is 28.4. The molecule has 1 saturated heterocycles. The molecule has 1 unspecified atom stereocenters. The second-order valence-electron chi connectivity index (χ2n) is 9.22. The molecule has 2 aromatic heterocycles. The van der Waals surface area contributed by atoms with Gasteiger partial charge >= 0.3 is 12.4 Å². The highest BCUT2D eigenvalue weighted by Gasteiger charge is 2.38. The van der Waals surface area contributed by atoms with Crippen LogP contribution in [0.4, 0.5) is 37.8 Å². The third kappa shape index (κ3) is 6.72. The summed E-state index contributed by atoms with van der Waals surface area (Å²) >= 11 is 0. The Morgan fingerprint density at radius 2 is 2.00 bits per heavy atom. The molecule has 16 heteroatoms. The average Bonchev–Trinajstić information content (AvgIpc) is 3.03. The number of fused-ring (bicyclic) bond motifs is 3. The van der Waals surface area contributed by atoms with Gasteiger partial charge in [0.25, 0.3) is 5.56 Å². The van der Waals surface area contributed by atoms with Crippen LogP contribution >= 0.6 is 0 Å². The number of rotatable bonds is 7. The number of pyridine rings is 1. The Kier molecular flexibility index (Phi) is 8.23. The van der Waals surface area contributed by atoms with E-state index in [9.17, 15) is 35.9 Å². The zero-order valence-electron chi connectivity index (χ0n) is 20.7. The van der Waals surface area contributed by atoms with Gasteiger partial charge in [-0.15, -0.1) is 0 Å². The van der Waals surface area contributed by atoms with Crippen LogP contribution in [0, 0.1) is 0 Å². The summed E-state index contributed by atoms with van der Waals surface area (Å²) in [5.41, 5.74) is -4.12. The van der Waals surface area contributed by atoms with Crippen LogP contribution in [0.25, 0.3) is 0 Å². The Morgan fingerprint density at radius 1 is 1.23 bits per heavy atom. The smallest absolute Gasteiger partial charge is 0.423 e. The van der Waals surface area contributed by atoms with Crippen molar-refractivity contribution in [2.24, 2.45) is 0 Å². The third-order valence-electron chi connectivity index (χ3n) is 6.35. The van der Waals surface area contributed by atoms with Gasteiger partial charge in [-0.1, -0.05) is 0 Å². The first-order valence-corrected chi connectivity index (χ1v) is 12.1. The molecular weight excluding hydrogens is 538 g/mol. The van der Waals surface area contributed by atoms with Crippen molar-refractivity contribution in [1.29, 1.82) is 0 Å². The van der Waals surface area contributed by atoms with Crippen LogP contribution in [0.5, 0.6) is 5.75 Å². The summed E-state index contributed by atoms with van der Waals surface area (Å²) in [5, 5.41) is 7.71. The van der Waals surface area contributed by atoms with E-state index in [1.54, 1.807) is 16.9 Å². The molecule has 0 spiro atoms. The standard InChI is InChI=1S/C23H26F6N6O4/c1-13(32-16-10-31-33-21(37)19(16)23(27,28)29)12-38-6-3-18(36)34-4-5-35-15(11-34)2-7-39-17-8-14(22(24,25)26)9-30-20(17)35/h8-10,13,15H,2-7,11-12H2,1H3,(H2,32,33,37)/t13-,15?/m0/s1. The lowest BCUT2D eigenvalue weighted by Crippen LogP contribution is -2.55. The van der Waals surface area contributed by atoms with Crippen molar-refractivity contribution < 1.29 is 40.6 Å². The lowest BCUT2D eigenvalue weighted by atomic mass is 10.1. The van der Waals surface area contributed by atoms with Gasteiger partial charge in [-0.3, -0.25) is 9.59 Å². The van der Waals surface area contributed by atoms with Crippen LogP contribution in [0.1, 0.15) is 30.9 Å². The summed E-state index contributed by atoms with van der Waals surface area (Å²) in [5.74, 6) is 0.173. The molecule has 2 aromatic rings. The normalized spacial score (nSPS) is 18.5. The van der Waals surface area contributed by atoms with Crippen LogP contribution < -0.4 is 20.5 Å². The fraction of sp³-hybridized carbons (Fsp3) is 0.565. The number of carbonyl (C=O) groups excluding carboxylic acids is 1. The van der Waals surface area contributed by atoms with E-state index in [-0.39, 0.29) is 43.9 Å². The predicted molar refractivity (Wildman–Crippen MR) is 125 cm³/mol. The summed E-state index contributed by atoms with van der Waals surface area (Å²) in [7, 11) is 0. The minimum absolute atomic E-state index is 0.0171. The lowest BCUT2D eigenvalue weighted by molar-refractivity contribution is -0.138. The van der Waals surface area contributed by atoms with Gasteiger partial charge in [0.05, 0.1) is 49.7 Å². The summed E-state index contributed by atoms with van der Waals surface area (Å²) < 4.78 is 89.7. The topological polar surface area (TPSA) is 113 Å². The van der Waals surface area contributed by atoms with Crippen LogP contribution in [-0.4, -0.2) is 77.5 Å². The number of nitrogens with zero attached hydrogens (tertiary/aromatic N) is 4. The highest BCUT2D eigenvalue weighted by atomic mass is 19.4. The number of piperazine rings is 1. The molecule has 2 N–H and O–H groups in total. The molecule has 0 aromatic carbocycles. The van der Waals surface area contributed by atoms with Crippen molar-refractivity contribution >= 4 is 17.4 Å². The molecule has 0 aliphatic carbocycles. The number of halogens is 6. The maximum atomic E-state index is 13.2. The molecule has 4 heterocycles. The molecule has 214 valence electrons. The number of alkyl halides is 6. The van der Waals surface area contributed by atoms with E-state index in [0.717, 1.165) is 18.5 Å². The molecule has 2 aliphatic heterocycles. The number of hydrogen-bond donors (Lipinski definition) is 2. The fourth-order valence-corrected chi connectivity index (χ4v) is 4.50. The van der Waals surface area contributed by atoms with Gasteiger partial charge in [-0.2, -0.15) is 31.4 Å². The van der Waals surface area contributed by atoms with Crippen molar-refractivity contribution in [1.82, 2.24) is 20.1 Å². The van der Waals surface area contributed by atoms with E-state index in [1.165, 1.54) is 0 Å². The monoisotopic (exact) mass is 564 g/mol. The zero-order chi connectivity index (χ0) is 28.4. The quantitative estimate of drug-likeness (QED) is 0.390. The van der Waals surface area contributed by atoms with Crippen LogP contribution in [0.3, 0.4) is 0 Å². The molecule has 1 amide bonds. The van der Waals surface area contributed by atoms with Gasteiger partial charge in [0, 0.05) is 38.3 Å². The Morgan fingerprint density at radius 3 is 2.72 bits per heavy atom. The van der Waals surface area contributed by atoms with Crippen LogP contribution in [-0.2, 0) is 21.9 Å². The summed E-state index contributed by atoms with van der Waals surface area (Å²) in [6.07, 6.45) is -7.26. The highest BCUT2D eigenvalue weighted by molar-refractivity contribution is 5.76. The summed E-state index contributed by atoms with van der Waals surface area (Å²) in [6.45, 7) is 2.73. The van der Waals surface area contributed by atoms with Crippen LogP contribution in [0.2, 0.25) is 0 Å². The van der Waals surface area contributed by atoms with E-state index >= 15 is 0 Å². The van der Waals surface area contributed by atoms with Crippen molar-refractivity contribution in [3.8, 4) is 5.75 Å². The van der Waals surface area contributed by atoms with Gasteiger partial charge in [0.2, 0.25) is 5.91 Å². The number of aromatic nitrogens is 3. The number of anilines is 2. The second-order valence-corrected chi connectivity index (χ2v) is 9.22. The molecule has 0 bridgehead atoms. The molecule has 2 atom stereocenters. The van der Waals surface area contributed by atoms with Gasteiger partial charge in [-0.05, 0) is 13.0 Å². The predicted octanol–water partition coefficient (Wildman–Crippen LogP) is 2.91. The van der Waals surface area contributed by atoms with Gasteiger partial charge in [0.15, 0.2) is 11.6 Å². The van der Waals surface area contributed by atoms with Crippen molar-refractivity contribution in [3.05, 3.63) is 39.9 Å². The van der Waals surface area contributed by atoms with Crippen LogP contribution in [0.15, 0.2) is 23.3 Å². The summed E-state index contributed by atoms with van der Waals surface area (Å²) in [4.78, 5) is 31.8. The second kappa shape index (κ2) is 11.3. The Balaban J connectivity index is 1.26. The maximum absolute atomic E-state index is 13.2. The highest BCUT2D eigenvalue weighted by Crippen LogP contribution is 2.38. The fourth-order valence-electron chi connectivity index (χ4n) is 4.50. The first-order valence-electron chi connectivity index (χ1n) is 12.1. The molecule has 4 rings (SSSR count). The van der Waals surface area contributed by atoms with Crippen molar-refractivity contribution in [2.75, 3.05) is 49.7 Å². The number of nitrogens with one attached hydrogen (secondary N) is 2. The SMILES string of the molecule is C[C@@H](COCCC(=O)N1CCN2c3ncc(C(F)(F)F)cc3OCCC2C1)Nc1cn[nH]c(=O)c1C(F)(F)F. The number of carbonyl (C=O) groups is 1. The van der Waals surface area contributed by atoms with Gasteiger partial charge in [0.1, 0.15) is 5.56 Å². The van der Waals surface area contributed by atoms with E-state index in [4.69, 9.17) is 9.47 Å². The van der Waals surface area contributed by atoms with Crippen molar-refractivity contribution in [2.45, 2.75) is 44.2 Å². The Hall–Kier alpha value is -3.56. The number of H-pyrrole nitrogens is 1. The first-order chi connectivity index (χ1) is 18.3. The Bertz CT molecular complexity index is 1240. The molecule has 2 aliphatic rings. The number of aromatic amines is 1. The lowest BCUT2D eigenvalue weighted by Gasteiger charge is -2.41. The maximum Gasteiger partial charge on any atom is 0.423 e. The minimum Gasteiger partial charge on any atom is -0.490 e. The molecular formula is C23H26F6N6O4. The Labute approximate surface area is 218 Å². The molecule has 39 heavy (non-hydrogen) atoms. The van der Waals surface area contributed by atoms with E-state index in [2.05, 4.69) is 15.4 Å². The van der Waals surface area contributed by atoms with E-state index in [1.807, 2.05) is 4.90 Å². The molecule has 10 nitrogen and oxygen atoms in total. The number of ether oxygens (including phenoxy) is 2. The van der Waals surface area contributed by atoms with Crippen molar-refractivity contribution in [3.63, 3.8) is 0 Å². The van der Waals surface area contributed by atoms with Gasteiger partial charge in [-0.25, -0.2) is 10.1 Å². The third-order valence-corrected chi connectivity index (χ3v) is 6.35. The largest absolute Gasteiger partial charge is 0.490 e. The number of amides is 1. The minimum atomic E-state index is -4.87. The van der Waals surface area contributed by atoms with E-state index < -0.39 is 40.8 Å². The molecule has 0 saturated carbocycles. The van der Waals surface area contributed by atoms with E-state index in [0.29, 0.717) is 31.9 Å².